The maximum atomic E-state index is 12.1. The molecule has 0 radical (unpaired) electrons. The second kappa shape index (κ2) is 9.21. The van der Waals surface area contributed by atoms with Crippen LogP contribution in [0.3, 0.4) is 0 Å². The van der Waals surface area contributed by atoms with Crippen LogP contribution in [0.5, 0.6) is 0 Å². The summed E-state index contributed by atoms with van der Waals surface area (Å²) in [5, 5.41) is 7.90. The van der Waals surface area contributed by atoms with E-state index >= 15 is 0 Å². The fourth-order valence-electron chi connectivity index (χ4n) is 2.71. The van der Waals surface area contributed by atoms with Crippen molar-refractivity contribution in [2.45, 2.75) is 45.8 Å². The quantitative estimate of drug-likeness (QED) is 0.514. The van der Waals surface area contributed by atoms with Gasteiger partial charge in [-0.15, -0.1) is 0 Å². The van der Waals surface area contributed by atoms with Gasteiger partial charge in [0.15, 0.2) is 5.96 Å². The zero-order valence-electron chi connectivity index (χ0n) is 16.6. The number of aromatic nitrogens is 1. The number of aromatic amines is 1. The lowest BCUT2D eigenvalue weighted by molar-refractivity contribution is 0.648. The molecule has 0 fully saturated rings. The molecule has 0 saturated carbocycles. The van der Waals surface area contributed by atoms with Crippen LogP contribution in [0.15, 0.2) is 29.4 Å². The number of hydrogen-bond acceptors (Lipinski definition) is 2. The molecule has 2 rings (SSSR count). The van der Waals surface area contributed by atoms with Crippen LogP contribution < -0.4 is 10.6 Å². The van der Waals surface area contributed by atoms with E-state index in [1.165, 1.54) is 22.0 Å². The van der Waals surface area contributed by atoms with E-state index in [-0.39, 0.29) is 4.75 Å². The van der Waals surface area contributed by atoms with Crippen molar-refractivity contribution < 1.29 is 4.21 Å². The first-order chi connectivity index (χ1) is 12.3. The zero-order valence-corrected chi connectivity index (χ0v) is 17.4. The van der Waals surface area contributed by atoms with E-state index in [4.69, 9.17) is 0 Å². The smallest absolute Gasteiger partial charge is 0.191 e. The topological polar surface area (TPSA) is 69.3 Å². The minimum absolute atomic E-state index is 0.186. The van der Waals surface area contributed by atoms with Crippen molar-refractivity contribution in [1.82, 2.24) is 15.6 Å². The van der Waals surface area contributed by atoms with E-state index in [1.54, 1.807) is 0 Å². The fraction of sp³-hybridized carbons (Fsp3) is 0.550. The first kappa shape index (κ1) is 20.5. The van der Waals surface area contributed by atoms with Gasteiger partial charge in [-0.1, -0.05) is 12.1 Å². The molecule has 1 unspecified atom stereocenters. The van der Waals surface area contributed by atoms with E-state index in [1.807, 2.05) is 27.7 Å². The predicted molar refractivity (Wildman–Crippen MR) is 113 cm³/mol. The number of aryl methyl sites for hydroxylation is 1. The number of H-pyrrole nitrogens is 1. The monoisotopic (exact) mass is 376 g/mol. The molecule has 1 aromatic heterocycles. The lowest BCUT2D eigenvalue weighted by atomic mass is 10.1. The number of guanidine groups is 1. The fourth-order valence-corrected chi connectivity index (χ4v) is 3.58. The SMILES string of the molecule is CCNC(=NCCS(=O)C(C)(C)C)NCCc1c[nH]c2cc(C)ccc12. The summed E-state index contributed by atoms with van der Waals surface area (Å²) in [4.78, 5) is 7.90. The molecule has 5 nitrogen and oxygen atoms in total. The first-order valence-corrected chi connectivity index (χ1v) is 10.6. The van der Waals surface area contributed by atoms with Gasteiger partial charge in [-0.25, -0.2) is 0 Å². The summed E-state index contributed by atoms with van der Waals surface area (Å²) in [6.45, 7) is 12.3. The summed E-state index contributed by atoms with van der Waals surface area (Å²) in [6.07, 6.45) is 3.00. The molecule has 1 atom stereocenters. The second-order valence-electron chi connectivity index (χ2n) is 7.46. The molecule has 3 N–H and O–H groups in total. The zero-order chi connectivity index (χ0) is 19.2. The summed E-state index contributed by atoms with van der Waals surface area (Å²) >= 11 is 0. The normalized spacial score (nSPS) is 13.8. The van der Waals surface area contributed by atoms with Gasteiger partial charge in [-0.2, -0.15) is 0 Å². The Morgan fingerprint density at radius 2 is 2.04 bits per heavy atom. The molecule has 0 aliphatic carbocycles. The first-order valence-electron chi connectivity index (χ1n) is 9.28. The highest BCUT2D eigenvalue weighted by atomic mass is 32.2. The molecule has 6 heteroatoms. The van der Waals surface area contributed by atoms with Crippen molar-refractivity contribution >= 4 is 27.7 Å². The lowest BCUT2D eigenvalue weighted by Gasteiger charge is -2.17. The van der Waals surface area contributed by atoms with Crippen LogP contribution in [0, 0.1) is 6.92 Å². The number of aliphatic imine (C=N–C) groups is 1. The average Bonchev–Trinajstić information content (AvgIpc) is 2.96. The molecule has 26 heavy (non-hydrogen) atoms. The molecule has 144 valence electrons. The van der Waals surface area contributed by atoms with Crippen LogP contribution in [0.4, 0.5) is 0 Å². The Bertz CT molecular complexity index is 774. The lowest BCUT2D eigenvalue weighted by Crippen LogP contribution is -2.38. The molecule has 0 bridgehead atoms. The summed E-state index contributed by atoms with van der Waals surface area (Å²) in [5.41, 5.74) is 3.75. The summed E-state index contributed by atoms with van der Waals surface area (Å²) in [5.74, 6) is 1.37. The van der Waals surface area contributed by atoms with E-state index in [0.717, 1.165) is 25.5 Å². The highest BCUT2D eigenvalue weighted by Gasteiger charge is 2.18. The highest BCUT2D eigenvalue weighted by molar-refractivity contribution is 7.86. The third-order valence-electron chi connectivity index (χ3n) is 4.18. The molecule has 0 aliphatic rings. The molecule has 1 aromatic carbocycles. The van der Waals surface area contributed by atoms with E-state index in [2.05, 4.69) is 51.9 Å². The maximum absolute atomic E-state index is 12.1. The van der Waals surface area contributed by atoms with Crippen molar-refractivity contribution in [3.8, 4) is 0 Å². The Balaban J connectivity index is 1.89. The van der Waals surface area contributed by atoms with Crippen LogP contribution in [-0.4, -0.2) is 45.3 Å². The Kier molecular flexibility index (Phi) is 7.26. The van der Waals surface area contributed by atoms with Gasteiger partial charge in [0.2, 0.25) is 0 Å². The Labute approximate surface area is 159 Å². The molecular weight excluding hydrogens is 344 g/mol. The van der Waals surface area contributed by atoms with Gasteiger partial charge in [0.05, 0.1) is 6.54 Å². The van der Waals surface area contributed by atoms with Crippen molar-refractivity contribution in [3.63, 3.8) is 0 Å². The highest BCUT2D eigenvalue weighted by Crippen LogP contribution is 2.19. The van der Waals surface area contributed by atoms with Gasteiger partial charge in [-0.3, -0.25) is 9.20 Å². The largest absolute Gasteiger partial charge is 0.361 e. The number of hydrogen-bond donors (Lipinski definition) is 3. The standard InChI is InChI=1S/C20H32N4OS/c1-6-21-19(23-11-12-26(25)20(3,4)5)22-10-9-16-14-24-18-13-15(2)7-8-17(16)18/h7-8,13-14,24H,6,9-12H2,1-5H3,(H2,21,22,23). The van der Waals surface area contributed by atoms with Crippen LogP contribution in [0.2, 0.25) is 0 Å². The molecule has 0 spiro atoms. The van der Waals surface area contributed by atoms with Gasteiger partial charge < -0.3 is 15.6 Å². The number of rotatable bonds is 7. The summed E-state index contributed by atoms with van der Waals surface area (Å²) < 4.78 is 11.9. The Hall–Kier alpha value is -1.82. The molecule has 1 heterocycles. The Morgan fingerprint density at radius 3 is 2.73 bits per heavy atom. The van der Waals surface area contributed by atoms with Crippen LogP contribution >= 0.6 is 0 Å². The third-order valence-corrected chi connectivity index (χ3v) is 6.10. The summed E-state index contributed by atoms with van der Waals surface area (Å²) in [6, 6.07) is 6.50. The minimum atomic E-state index is -0.872. The number of fused-ring (bicyclic) bond motifs is 1. The molecular formula is C20H32N4OS. The summed E-state index contributed by atoms with van der Waals surface area (Å²) in [7, 11) is -0.872. The van der Waals surface area contributed by atoms with Crippen molar-refractivity contribution in [2.24, 2.45) is 4.99 Å². The van der Waals surface area contributed by atoms with Gasteiger partial charge >= 0.3 is 0 Å². The molecule has 2 aromatic rings. The molecule has 0 aliphatic heterocycles. The van der Waals surface area contributed by atoms with Crippen molar-refractivity contribution in [2.75, 3.05) is 25.4 Å². The number of nitrogens with one attached hydrogen (secondary N) is 3. The van der Waals surface area contributed by atoms with Crippen molar-refractivity contribution in [3.05, 3.63) is 35.5 Å². The second-order valence-corrected chi connectivity index (χ2v) is 9.79. The number of nitrogens with zero attached hydrogens (tertiary/aromatic N) is 1. The third kappa shape index (κ3) is 5.87. The minimum Gasteiger partial charge on any atom is -0.361 e. The van der Waals surface area contributed by atoms with Gasteiger partial charge in [0.1, 0.15) is 0 Å². The van der Waals surface area contributed by atoms with Gasteiger partial charge in [0, 0.05) is 51.5 Å². The Morgan fingerprint density at radius 1 is 1.27 bits per heavy atom. The van der Waals surface area contributed by atoms with E-state index < -0.39 is 10.8 Å². The molecule has 0 amide bonds. The van der Waals surface area contributed by atoms with E-state index in [0.29, 0.717) is 12.3 Å². The van der Waals surface area contributed by atoms with Gasteiger partial charge in [0.25, 0.3) is 0 Å². The predicted octanol–water partition coefficient (Wildman–Crippen LogP) is 3.12. The van der Waals surface area contributed by atoms with Crippen LogP contribution in [-0.2, 0) is 17.2 Å². The number of benzene rings is 1. The molecule has 0 saturated heterocycles. The van der Waals surface area contributed by atoms with Crippen molar-refractivity contribution in [1.29, 1.82) is 0 Å². The van der Waals surface area contributed by atoms with E-state index in [9.17, 15) is 4.21 Å². The van der Waals surface area contributed by atoms with Gasteiger partial charge in [-0.05, 0) is 58.2 Å². The van der Waals surface area contributed by atoms with Crippen LogP contribution in [0.1, 0.15) is 38.8 Å². The maximum Gasteiger partial charge on any atom is 0.191 e. The average molecular weight is 377 g/mol. The van der Waals surface area contributed by atoms with Crippen LogP contribution in [0.25, 0.3) is 10.9 Å².